The normalized spacial score (nSPS) is 15.8. The molecule has 5 rings (SSSR count). The Hall–Kier alpha value is -3.64. The molecule has 1 amide bonds. The fourth-order valence-corrected chi connectivity index (χ4v) is 3.72. The maximum Gasteiger partial charge on any atom is 0.255 e. The Bertz CT molecular complexity index is 1200. The number of H-pyrrole nitrogens is 1. The number of carbonyl (C=O) groups excluding carboxylic acids is 1. The Morgan fingerprint density at radius 2 is 2.00 bits per heavy atom. The molecule has 0 radical (unpaired) electrons. The van der Waals surface area contributed by atoms with Gasteiger partial charge in [0.2, 0.25) is 0 Å². The predicted molar refractivity (Wildman–Crippen MR) is 119 cm³/mol. The van der Waals surface area contributed by atoms with E-state index in [0.29, 0.717) is 23.6 Å². The van der Waals surface area contributed by atoms with Crippen LogP contribution >= 0.6 is 0 Å². The van der Waals surface area contributed by atoms with Gasteiger partial charge in [0, 0.05) is 17.9 Å². The molecule has 2 heterocycles. The Morgan fingerprint density at radius 1 is 1.10 bits per heavy atom. The molecule has 31 heavy (non-hydrogen) atoms. The smallest absolute Gasteiger partial charge is 0.255 e. The number of carbonyl (C=O) groups is 1. The van der Waals surface area contributed by atoms with Crippen LogP contribution in [0.15, 0.2) is 72.8 Å². The summed E-state index contributed by atoms with van der Waals surface area (Å²) in [6.07, 6.45) is 2.06. The van der Waals surface area contributed by atoms with E-state index in [1.165, 1.54) is 0 Å². The molecule has 156 valence electrons. The number of fused-ring (bicyclic) bond motifs is 1. The molecule has 0 aliphatic carbocycles. The molecule has 1 aromatic heterocycles. The van der Waals surface area contributed by atoms with Gasteiger partial charge in [-0.3, -0.25) is 4.79 Å². The SMILES string of the molecule is O=C(Nc1ccc2nc(C3CCCO3)[nH]c2c1)c1cccc(OCc2ccccc2)c1. The summed E-state index contributed by atoms with van der Waals surface area (Å²) in [6.45, 7) is 1.23. The first kappa shape index (κ1) is 19.3. The van der Waals surface area contributed by atoms with Gasteiger partial charge in [-0.15, -0.1) is 0 Å². The second-order valence-corrected chi connectivity index (χ2v) is 7.61. The molecule has 0 spiro atoms. The summed E-state index contributed by atoms with van der Waals surface area (Å²) in [4.78, 5) is 20.7. The third kappa shape index (κ3) is 4.44. The van der Waals surface area contributed by atoms with Crippen molar-refractivity contribution in [2.45, 2.75) is 25.6 Å². The molecule has 1 saturated heterocycles. The second kappa shape index (κ2) is 8.62. The average molecular weight is 413 g/mol. The number of aromatic nitrogens is 2. The van der Waals surface area contributed by atoms with E-state index in [1.807, 2.05) is 60.7 Å². The number of nitrogens with one attached hydrogen (secondary N) is 2. The van der Waals surface area contributed by atoms with Crippen molar-refractivity contribution in [2.75, 3.05) is 11.9 Å². The number of ether oxygens (including phenoxy) is 2. The highest BCUT2D eigenvalue weighted by molar-refractivity contribution is 6.05. The molecule has 6 nitrogen and oxygen atoms in total. The fraction of sp³-hybridized carbons (Fsp3) is 0.200. The van der Waals surface area contributed by atoms with Gasteiger partial charge >= 0.3 is 0 Å². The lowest BCUT2D eigenvalue weighted by molar-refractivity contribution is 0.102. The molecule has 0 bridgehead atoms. The number of hydrogen-bond donors (Lipinski definition) is 2. The molecular weight excluding hydrogens is 390 g/mol. The molecule has 1 fully saturated rings. The van der Waals surface area contributed by atoms with E-state index in [9.17, 15) is 4.79 Å². The van der Waals surface area contributed by atoms with Gasteiger partial charge in [-0.1, -0.05) is 36.4 Å². The average Bonchev–Trinajstić information content (AvgIpc) is 3.48. The Kier molecular flexibility index (Phi) is 5.37. The third-order valence-electron chi connectivity index (χ3n) is 5.34. The number of anilines is 1. The first-order valence-corrected chi connectivity index (χ1v) is 10.4. The van der Waals surface area contributed by atoms with Gasteiger partial charge in [-0.25, -0.2) is 4.98 Å². The Morgan fingerprint density at radius 3 is 2.84 bits per heavy atom. The minimum absolute atomic E-state index is 0.0315. The summed E-state index contributed by atoms with van der Waals surface area (Å²) in [7, 11) is 0. The molecule has 1 unspecified atom stereocenters. The van der Waals surface area contributed by atoms with Crippen molar-refractivity contribution >= 4 is 22.6 Å². The monoisotopic (exact) mass is 413 g/mol. The maximum absolute atomic E-state index is 12.8. The van der Waals surface area contributed by atoms with Gasteiger partial charge < -0.3 is 19.8 Å². The van der Waals surface area contributed by atoms with Crippen LogP contribution in [0.2, 0.25) is 0 Å². The van der Waals surface area contributed by atoms with Crippen molar-refractivity contribution in [2.24, 2.45) is 0 Å². The summed E-state index contributed by atoms with van der Waals surface area (Å²) in [6, 6.07) is 22.8. The van der Waals surface area contributed by atoms with Crippen LogP contribution in [0.3, 0.4) is 0 Å². The van der Waals surface area contributed by atoms with E-state index in [2.05, 4.69) is 15.3 Å². The van der Waals surface area contributed by atoms with E-state index in [-0.39, 0.29) is 12.0 Å². The van der Waals surface area contributed by atoms with Crippen molar-refractivity contribution < 1.29 is 14.3 Å². The van der Waals surface area contributed by atoms with E-state index in [0.717, 1.165) is 41.9 Å². The zero-order valence-electron chi connectivity index (χ0n) is 17.0. The van der Waals surface area contributed by atoms with Gasteiger partial charge in [0.25, 0.3) is 5.91 Å². The highest BCUT2D eigenvalue weighted by Gasteiger charge is 2.21. The van der Waals surface area contributed by atoms with Gasteiger partial charge in [0.1, 0.15) is 24.3 Å². The molecule has 1 atom stereocenters. The van der Waals surface area contributed by atoms with Crippen LogP contribution in [0.5, 0.6) is 5.75 Å². The molecule has 2 N–H and O–H groups in total. The zero-order valence-corrected chi connectivity index (χ0v) is 17.0. The molecule has 1 aliphatic rings. The van der Waals surface area contributed by atoms with Gasteiger partial charge in [-0.05, 0) is 54.8 Å². The summed E-state index contributed by atoms with van der Waals surface area (Å²) in [5.74, 6) is 1.31. The first-order chi connectivity index (χ1) is 15.2. The van der Waals surface area contributed by atoms with Crippen molar-refractivity contribution in [1.29, 1.82) is 0 Å². The van der Waals surface area contributed by atoms with Gasteiger partial charge in [0.15, 0.2) is 0 Å². The highest BCUT2D eigenvalue weighted by Crippen LogP contribution is 2.29. The molecule has 0 saturated carbocycles. The number of nitrogens with zero attached hydrogens (tertiary/aromatic N) is 1. The van der Waals surface area contributed by atoms with Crippen LogP contribution in [0.4, 0.5) is 5.69 Å². The third-order valence-corrected chi connectivity index (χ3v) is 5.34. The molecule has 4 aromatic rings. The minimum Gasteiger partial charge on any atom is -0.489 e. The second-order valence-electron chi connectivity index (χ2n) is 7.61. The van der Waals surface area contributed by atoms with Crippen molar-refractivity contribution in [3.8, 4) is 5.75 Å². The van der Waals surface area contributed by atoms with Gasteiger partial charge in [0.05, 0.1) is 11.0 Å². The van der Waals surface area contributed by atoms with Crippen molar-refractivity contribution in [3.63, 3.8) is 0 Å². The number of benzene rings is 3. The fourth-order valence-electron chi connectivity index (χ4n) is 3.72. The highest BCUT2D eigenvalue weighted by atomic mass is 16.5. The number of amides is 1. The van der Waals surface area contributed by atoms with Crippen LogP contribution in [0, 0.1) is 0 Å². The van der Waals surface area contributed by atoms with E-state index < -0.39 is 0 Å². The van der Waals surface area contributed by atoms with E-state index in [1.54, 1.807) is 12.1 Å². The number of hydrogen-bond acceptors (Lipinski definition) is 4. The lowest BCUT2D eigenvalue weighted by Crippen LogP contribution is -2.12. The van der Waals surface area contributed by atoms with Crippen LogP contribution < -0.4 is 10.1 Å². The topological polar surface area (TPSA) is 76.2 Å². The molecular formula is C25H23N3O3. The molecule has 6 heteroatoms. The standard InChI is InChI=1S/C25H23N3O3/c29-25(18-8-4-9-20(14-18)31-16-17-6-2-1-3-7-17)26-19-11-12-21-22(15-19)28-24(27-21)23-10-5-13-30-23/h1-4,6-9,11-12,14-15,23H,5,10,13,16H2,(H,26,29)(H,27,28). The maximum atomic E-state index is 12.8. The molecule has 3 aromatic carbocycles. The Labute approximate surface area is 180 Å². The predicted octanol–water partition coefficient (Wildman–Crippen LogP) is 5.25. The minimum atomic E-state index is -0.191. The summed E-state index contributed by atoms with van der Waals surface area (Å²) >= 11 is 0. The van der Waals surface area contributed by atoms with Crippen molar-refractivity contribution in [3.05, 3.63) is 89.7 Å². The van der Waals surface area contributed by atoms with Crippen LogP contribution in [0.1, 0.15) is 40.7 Å². The quantitative estimate of drug-likeness (QED) is 0.453. The zero-order chi connectivity index (χ0) is 21.0. The van der Waals surface area contributed by atoms with Gasteiger partial charge in [-0.2, -0.15) is 0 Å². The van der Waals surface area contributed by atoms with Crippen molar-refractivity contribution in [1.82, 2.24) is 9.97 Å². The summed E-state index contributed by atoms with van der Waals surface area (Å²) in [5, 5.41) is 2.96. The van der Waals surface area contributed by atoms with E-state index in [4.69, 9.17) is 9.47 Å². The summed E-state index contributed by atoms with van der Waals surface area (Å²) in [5.41, 5.74) is 4.06. The van der Waals surface area contributed by atoms with Crippen LogP contribution in [-0.4, -0.2) is 22.5 Å². The largest absolute Gasteiger partial charge is 0.489 e. The van der Waals surface area contributed by atoms with Crippen LogP contribution in [-0.2, 0) is 11.3 Å². The summed E-state index contributed by atoms with van der Waals surface area (Å²) < 4.78 is 11.5. The number of imidazole rings is 1. The first-order valence-electron chi connectivity index (χ1n) is 10.4. The Balaban J connectivity index is 1.27. The lowest BCUT2D eigenvalue weighted by Gasteiger charge is -2.09. The molecule has 1 aliphatic heterocycles. The van der Waals surface area contributed by atoms with Crippen LogP contribution in [0.25, 0.3) is 11.0 Å². The van der Waals surface area contributed by atoms with E-state index >= 15 is 0 Å². The lowest BCUT2D eigenvalue weighted by atomic mass is 10.2. The number of aromatic amines is 1. The number of rotatable bonds is 6.